The van der Waals surface area contributed by atoms with Gasteiger partial charge in [0.2, 0.25) is 5.13 Å². The van der Waals surface area contributed by atoms with Crippen LogP contribution in [0.2, 0.25) is 0 Å². The van der Waals surface area contributed by atoms with Crippen LogP contribution in [0.15, 0.2) is 60.8 Å². The van der Waals surface area contributed by atoms with Gasteiger partial charge < -0.3 is 4.98 Å². The molecule has 24 heavy (non-hydrogen) atoms. The zero-order valence-corrected chi connectivity index (χ0v) is 13.5. The lowest BCUT2D eigenvalue weighted by molar-refractivity contribution is 0.102. The minimum Gasteiger partial charge on any atom is -0.361 e. The highest BCUT2D eigenvalue weighted by Gasteiger charge is 2.11. The average Bonchev–Trinajstić information content (AvgIpc) is 3.23. The molecule has 118 valence electrons. The van der Waals surface area contributed by atoms with Crippen molar-refractivity contribution in [2.75, 3.05) is 5.32 Å². The third-order valence-electron chi connectivity index (χ3n) is 3.74. The molecule has 0 aliphatic heterocycles. The van der Waals surface area contributed by atoms with Gasteiger partial charge in [-0.1, -0.05) is 47.7 Å². The zero-order valence-electron chi connectivity index (χ0n) is 12.7. The molecule has 0 bridgehead atoms. The molecule has 4 rings (SSSR count). The highest BCUT2D eigenvalue weighted by Crippen LogP contribution is 2.24. The summed E-state index contributed by atoms with van der Waals surface area (Å²) in [5.41, 5.74) is 2.88. The van der Waals surface area contributed by atoms with Crippen LogP contribution in [-0.4, -0.2) is 21.1 Å². The predicted octanol–water partition coefficient (Wildman–Crippen LogP) is 3.86. The van der Waals surface area contributed by atoms with Gasteiger partial charge in [-0.15, -0.1) is 10.2 Å². The Hall–Kier alpha value is -2.99. The Bertz CT molecular complexity index is 990. The standard InChI is InChI=1S/C18H14N4OS/c23-17(12-6-2-1-3-7-12)20-18-22-21-16(24-18)10-13-11-19-15-9-5-4-8-14(13)15/h1-9,11,19H,10H2,(H,20,22,23). The molecule has 2 N–H and O–H groups in total. The summed E-state index contributed by atoms with van der Waals surface area (Å²) in [4.78, 5) is 15.4. The molecule has 0 aliphatic carbocycles. The molecule has 0 aliphatic rings. The number of H-pyrrole nitrogens is 1. The van der Waals surface area contributed by atoms with Crippen LogP contribution in [0.4, 0.5) is 5.13 Å². The molecule has 0 atom stereocenters. The minimum absolute atomic E-state index is 0.176. The van der Waals surface area contributed by atoms with E-state index in [1.807, 2.05) is 42.6 Å². The largest absolute Gasteiger partial charge is 0.361 e. The van der Waals surface area contributed by atoms with Crippen molar-refractivity contribution in [2.24, 2.45) is 0 Å². The van der Waals surface area contributed by atoms with E-state index >= 15 is 0 Å². The highest BCUT2D eigenvalue weighted by molar-refractivity contribution is 7.15. The molecule has 0 unspecified atom stereocenters. The number of carbonyl (C=O) groups is 1. The second-order valence-electron chi connectivity index (χ2n) is 5.36. The number of hydrogen-bond donors (Lipinski definition) is 2. The Morgan fingerprint density at radius 2 is 1.83 bits per heavy atom. The third kappa shape index (κ3) is 2.91. The quantitative estimate of drug-likeness (QED) is 0.595. The first-order chi connectivity index (χ1) is 11.8. The Kier molecular flexibility index (Phi) is 3.80. The molecule has 1 amide bonds. The van der Waals surface area contributed by atoms with Gasteiger partial charge in [0.25, 0.3) is 5.91 Å². The Morgan fingerprint density at radius 3 is 2.71 bits per heavy atom. The summed E-state index contributed by atoms with van der Waals surface area (Å²) in [6, 6.07) is 17.2. The van der Waals surface area contributed by atoms with Crippen molar-refractivity contribution in [3.63, 3.8) is 0 Å². The summed E-state index contributed by atoms with van der Waals surface area (Å²) in [7, 11) is 0. The fraction of sp³-hybridized carbons (Fsp3) is 0.0556. The molecule has 0 fully saturated rings. The second-order valence-corrected chi connectivity index (χ2v) is 6.42. The van der Waals surface area contributed by atoms with Gasteiger partial charge >= 0.3 is 0 Å². The van der Waals surface area contributed by atoms with E-state index in [1.54, 1.807) is 12.1 Å². The summed E-state index contributed by atoms with van der Waals surface area (Å²) in [6.45, 7) is 0. The maximum absolute atomic E-state index is 12.1. The van der Waals surface area contributed by atoms with E-state index in [1.165, 1.54) is 22.3 Å². The molecule has 6 heteroatoms. The maximum atomic E-state index is 12.1. The van der Waals surface area contributed by atoms with Crippen LogP contribution in [0, 0.1) is 0 Å². The number of hydrogen-bond acceptors (Lipinski definition) is 4. The lowest BCUT2D eigenvalue weighted by Crippen LogP contribution is -2.11. The fourth-order valence-electron chi connectivity index (χ4n) is 2.58. The van der Waals surface area contributed by atoms with E-state index in [9.17, 15) is 4.79 Å². The van der Waals surface area contributed by atoms with Crippen LogP contribution in [-0.2, 0) is 6.42 Å². The lowest BCUT2D eigenvalue weighted by atomic mass is 10.1. The predicted molar refractivity (Wildman–Crippen MR) is 95.4 cm³/mol. The summed E-state index contributed by atoms with van der Waals surface area (Å²) in [6.07, 6.45) is 2.68. The van der Waals surface area contributed by atoms with E-state index in [2.05, 4.69) is 26.6 Å². The summed E-state index contributed by atoms with van der Waals surface area (Å²) in [5, 5.41) is 13.6. The van der Waals surface area contributed by atoms with Gasteiger partial charge in [-0.05, 0) is 23.8 Å². The molecule has 5 nitrogen and oxygen atoms in total. The maximum Gasteiger partial charge on any atom is 0.257 e. The van der Waals surface area contributed by atoms with Crippen molar-refractivity contribution < 1.29 is 4.79 Å². The molecule has 2 aromatic heterocycles. The Balaban J connectivity index is 1.50. The van der Waals surface area contributed by atoms with Gasteiger partial charge in [0, 0.05) is 29.1 Å². The second kappa shape index (κ2) is 6.25. The van der Waals surface area contributed by atoms with Crippen molar-refractivity contribution in [2.45, 2.75) is 6.42 Å². The zero-order chi connectivity index (χ0) is 16.4. The SMILES string of the molecule is O=C(Nc1nnc(Cc2c[nH]c3ccccc23)s1)c1ccccc1. The molecule has 0 saturated heterocycles. The van der Waals surface area contributed by atoms with Gasteiger partial charge in [-0.25, -0.2) is 0 Å². The number of fused-ring (bicyclic) bond motifs is 1. The van der Waals surface area contributed by atoms with Gasteiger partial charge in [-0.2, -0.15) is 0 Å². The van der Waals surface area contributed by atoms with Crippen LogP contribution < -0.4 is 5.32 Å². The van der Waals surface area contributed by atoms with Crippen molar-refractivity contribution >= 4 is 33.3 Å². The van der Waals surface area contributed by atoms with Crippen molar-refractivity contribution in [1.29, 1.82) is 0 Å². The lowest BCUT2D eigenvalue weighted by Gasteiger charge is -1.99. The van der Waals surface area contributed by atoms with Crippen LogP contribution in [0.5, 0.6) is 0 Å². The van der Waals surface area contributed by atoms with E-state index in [0.29, 0.717) is 17.1 Å². The smallest absolute Gasteiger partial charge is 0.257 e. The number of rotatable bonds is 4. The van der Waals surface area contributed by atoms with E-state index in [4.69, 9.17) is 0 Å². The number of anilines is 1. The molecule has 0 spiro atoms. The first-order valence-corrected chi connectivity index (χ1v) is 8.35. The molecular formula is C18H14N4OS. The van der Waals surface area contributed by atoms with Gasteiger partial charge in [0.1, 0.15) is 5.01 Å². The van der Waals surface area contributed by atoms with Gasteiger partial charge in [-0.3, -0.25) is 10.1 Å². The summed E-state index contributed by atoms with van der Waals surface area (Å²) < 4.78 is 0. The first kappa shape index (κ1) is 14.6. The van der Waals surface area contributed by atoms with Crippen LogP contribution >= 0.6 is 11.3 Å². The number of aromatic amines is 1. The van der Waals surface area contributed by atoms with Crippen molar-refractivity contribution in [1.82, 2.24) is 15.2 Å². The molecule has 4 aromatic rings. The summed E-state index contributed by atoms with van der Waals surface area (Å²) >= 11 is 1.39. The molecular weight excluding hydrogens is 320 g/mol. The number of nitrogens with zero attached hydrogens (tertiary/aromatic N) is 2. The number of para-hydroxylation sites is 1. The number of carbonyl (C=O) groups excluding carboxylic acids is 1. The minimum atomic E-state index is -0.176. The normalized spacial score (nSPS) is 10.8. The van der Waals surface area contributed by atoms with Crippen molar-refractivity contribution in [3.05, 3.63) is 76.9 Å². The van der Waals surface area contributed by atoms with E-state index in [-0.39, 0.29) is 5.91 Å². The van der Waals surface area contributed by atoms with Crippen LogP contribution in [0.25, 0.3) is 10.9 Å². The van der Waals surface area contributed by atoms with Crippen LogP contribution in [0.1, 0.15) is 20.9 Å². The molecule has 0 saturated carbocycles. The van der Waals surface area contributed by atoms with Gasteiger partial charge in [0.15, 0.2) is 0 Å². The number of nitrogens with one attached hydrogen (secondary N) is 2. The summed E-state index contributed by atoms with van der Waals surface area (Å²) in [5.74, 6) is -0.176. The van der Waals surface area contributed by atoms with E-state index < -0.39 is 0 Å². The average molecular weight is 334 g/mol. The third-order valence-corrected chi connectivity index (χ3v) is 4.58. The number of amides is 1. The molecule has 0 radical (unpaired) electrons. The Labute approximate surface area is 142 Å². The topological polar surface area (TPSA) is 70.7 Å². The number of benzene rings is 2. The van der Waals surface area contributed by atoms with Crippen molar-refractivity contribution in [3.8, 4) is 0 Å². The fourth-order valence-corrected chi connectivity index (χ4v) is 3.33. The first-order valence-electron chi connectivity index (χ1n) is 7.53. The van der Waals surface area contributed by atoms with Gasteiger partial charge in [0.05, 0.1) is 0 Å². The highest BCUT2D eigenvalue weighted by atomic mass is 32.1. The Morgan fingerprint density at radius 1 is 1.04 bits per heavy atom. The molecule has 2 heterocycles. The monoisotopic (exact) mass is 334 g/mol. The molecule has 2 aromatic carbocycles. The van der Waals surface area contributed by atoms with E-state index in [0.717, 1.165) is 10.5 Å². The van der Waals surface area contributed by atoms with Crippen LogP contribution in [0.3, 0.4) is 0 Å². The number of aromatic nitrogens is 3.